The SMILES string of the molecule is COc1ccc(/C=C/C(=O)c2cnn(C)c2C)cc1Cn1nc(C)c([N+](=O)[O-])c1C. The second-order valence-electron chi connectivity index (χ2n) is 6.97. The lowest BCUT2D eigenvalue weighted by molar-refractivity contribution is -0.386. The first-order chi connectivity index (χ1) is 14.2. The minimum atomic E-state index is -0.420. The zero-order chi connectivity index (χ0) is 22.0. The van der Waals surface area contributed by atoms with Gasteiger partial charge in [0.15, 0.2) is 5.78 Å². The topological polar surface area (TPSA) is 105 Å². The number of ether oxygens (including phenoxy) is 1. The summed E-state index contributed by atoms with van der Waals surface area (Å²) in [6, 6.07) is 5.52. The summed E-state index contributed by atoms with van der Waals surface area (Å²) >= 11 is 0. The second kappa shape index (κ2) is 8.32. The molecule has 30 heavy (non-hydrogen) atoms. The largest absolute Gasteiger partial charge is 0.496 e. The van der Waals surface area contributed by atoms with Crippen LogP contribution in [0.5, 0.6) is 5.75 Å². The van der Waals surface area contributed by atoms with Gasteiger partial charge in [0.2, 0.25) is 0 Å². The van der Waals surface area contributed by atoms with E-state index < -0.39 is 4.92 Å². The van der Waals surface area contributed by atoms with Gasteiger partial charge in [-0.1, -0.05) is 12.1 Å². The molecule has 0 N–H and O–H groups in total. The third-order valence-corrected chi connectivity index (χ3v) is 5.08. The van der Waals surface area contributed by atoms with Crippen molar-refractivity contribution in [1.29, 1.82) is 0 Å². The Morgan fingerprint density at radius 3 is 2.57 bits per heavy atom. The first-order valence-electron chi connectivity index (χ1n) is 9.29. The van der Waals surface area contributed by atoms with Gasteiger partial charge in [-0.15, -0.1) is 0 Å². The maximum Gasteiger partial charge on any atom is 0.312 e. The molecule has 2 aromatic heterocycles. The number of hydrogen-bond donors (Lipinski definition) is 0. The van der Waals surface area contributed by atoms with Crippen molar-refractivity contribution in [1.82, 2.24) is 19.6 Å². The molecule has 2 heterocycles. The maximum absolute atomic E-state index is 12.5. The van der Waals surface area contributed by atoms with Gasteiger partial charge in [0, 0.05) is 18.3 Å². The van der Waals surface area contributed by atoms with E-state index in [9.17, 15) is 14.9 Å². The average molecular weight is 409 g/mol. The van der Waals surface area contributed by atoms with Crippen LogP contribution in [0.3, 0.4) is 0 Å². The number of nitro groups is 1. The number of methoxy groups -OCH3 is 1. The summed E-state index contributed by atoms with van der Waals surface area (Å²) in [5.74, 6) is 0.504. The van der Waals surface area contributed by atoms with Gasteiger partial charge >= 0.3 is 5.69 Å². The van der Waals surface area contributed by atoms with Crippen LogP contribution in [0.2, 0.25) is 0 Å². The monoisotopic (exact) mass is 409 g/mol. The van der Waals surface area contributed by atoms with Crippen molar-refractivity contribution in [3.05, 3.63) is 74.4 Å². The summed E-state index contributed by atoms with van der Waals surface area (Å²) in [4.78, 5) is 23.3. The molecule has 1 aromatic carbocycles. The van der Waals surface area contributed by atoms with E-state index in [0.717, 1.165) is 16.8 Å². The van der Waals surface area contributed by atoms with Crippen molar-refractivity contribution in [2.24, 2.45) is 7.05 Å². The molecule has 0 atom stereocenters. The van der Waals surface area contributed by atoms with E-state index in [0.29, 0.717) is 29.2 Å². The van der Waals surface area contributed by atoms with Gasteiger partial charge < -0.3 is 4.74 Å². The van der Waals surface area contributed by atoms with Gasteiger partial charge in [-0.05, 0) is 44.5 Å². The molecule has 156 valence electrons. The van der Waals surface area contributed by atoms with Crippen LogP contribution in [0.1, 0.15) is 38.6 Å². The van der Waals surface area contributed by atoms with E-state index in [4.69, 9.17) is 4.74 Å². The standard InChI is InChI=1S/C21H23N5O4/c1-13-21(26(28)29)15(3)25(23-13)12-17-10-16(7-9-20(17)30-5)6-8-19(27)18-11-22-24(4)14(18)2/h6-11H,12H2,1-5H3/b8-6+. The Morgan fingerprint density at radius 2 is 2.00 bits per heavy atom. The van der Waals surface area contributed by atoms with E-state index in [1.165, 1.54) is 6.08 Å². The number of hydrogen-bond acceptors (Lipinski definition) is 6. The molecule has 0 aliphatic heterocycles. The molecule has 0 bridgehead atoms. The van der Waals surface area contributed by atoms with Gasteiger partial charge in [-0.3, -0.25) is 24.3 Å². The van der Waals surface area contributed by atoms with Crippen LogP contribution in [-0.4, -0.2) is 37.4 Å². The van der Waals surface area contributed by atoms with Gasteiger partial charge in [0.05, 0.1) is 30.3 Å². The summed E-state index contributed by atoms with van der Waals surface area (Å²) in [6.45, 7) is 5.43. The Kier molecular flexibility index (Phi) is 5.81. The summed E-state index contributed by atoms with van der Waals surface area (Å²) in [5.41, 5.74) is 3.81. The Hall–Kier alpha value is -3.75. The average Bonchev–Trinajstić information content (AvgIpc) is 3.18. The minimum absolute atomic E-state index is 0.0162. The molecule has 0 saturated carbocycles. The van der Waals surface area contributed by atoms with E-state index in [1.54, 1.807) is 55.7 Å². The molecular formula is C21H23N5O4. The van der Waals surface area contributed by atoms with Crippen LogP contribution in [0.4, 0.5) is 5.69 Å². The van der Waals surface area contributed by atoms with E-state index in [-0.39, 0.29) is 11.5 Å². The van der Waals surface area contributed by atoms with Crippen molar-refractivity contribution < 1.29 is 14.5 Å². The van der Waals surface area contributed by atoms with Crippen molar-refractivity contribution in [2.45, 2.75) is 27.3 Å². The zero-order valence-electron chi connectivity index (χ0n) is 17.5. The quantitative estimate of drug-likeness (QED) is 0.256. The van der Waals surface area contributed by atoms with Crippen LogP contribution in [0, 0.1) is 30.9 Å². The highest BCUT2D eigenvalue weighted by Crippen LogP contribution is 2.26. The number of allylic oxidation sites excluding steroid dienone is 1. The number of rotatable bonds is 7. The molecule has 0 saturated heterocycles. The van der Waals surface area contributed by atoms with Gasteiger partial charge in [-0.25, -0.2) is 0 Å². The Morgan fingerprint density at radius 1 is 1.27 bits per heavy atom. The summed E-state index contributed by atoms with van der Waals surface area (Å²) in [6.07, 6.45) is 4.78. The molecule has 9 heteroatoms. The van der Waals surface area contributed by atoms with Gasteiger partial charge in [0.25, 0.3) is 0 Å². The molecule has 0 amide bonds. The van der Waals surface area contributed by atoms with E-state index in [1.807, 2.05) is 19.1 Å². The zero-order valence-corrected chi connectivity index (χ0v) is 17.5. The van der Waals surface area contributed by atoms with Crippen molar-refractivity contribution >= 4 is 17.5 Å². The van der Waals surface area contributed by atoms with Crippen molar-refractivity contribution in [3.8, 4) is 5.75 Å². The fourth-order valence-corrected chi connectivity index (χ4v) is 3.30. The maximum atomic E-state index is 12.5. The first kappa shape index (κ1) is 21.0. The second-order valence-corrected chi connectivity index (χ2v) is 6.97. The Labute approximate surface area is 173 Å². The molecule has 0 aliphatic carbocycles. The van der Waals surface area contributed by atoms with Gasteiger partial charge in [0.1, 0.15) is 17.1 Å². The molecule has 0 fully saturated rings. The normalized spacial score (nSPS) is 11.2. The predicted octanol–water partition coefficient (Wildman–Crippen LogP) is 3.40. The summed E-state index contributed by atoms with van der Waals surface area (Å²) in [5, 5.41) is 19.6. The predicted molar refractivity (Wildman–Crippen MR) is 112 cm³/mol. The van der Waals surface area contributed by atoms with Crippen molar-refractivity contribution in [2.75, 3.05) is 7.11 Å². The third kappa shape index (κ3) is 4.00. The molecule has 3 rings (SSSR count). The summed E-state index contributed by atoms with van der Waals surface area (Å²) < 4.78 is 8.67. The molecule has 0 radical (unpaired) electrons. The fourth-order valence-electron chi connectivity index (χ4n) is 3.30. The lowest BCUT2D eigenvalue weighted by atomic mass is 10.1. The molecular weight excluding hydrogens is 386 g/mol. The smallest absolute Gasteiger partial charge is 0.312 e. The highest BCUT2D eigenvalue weighted by molar-refractivity contribution is 6.07. The number of carbonyl (C=O) groups excluding carboxylic acids is 1. The fraction of sp³-hybridized carbons (Fsp3) is 0.286. The number of nitrogens with zero attached hydrogens (tertiary/aromatic N) is 5. The Balaban J connectivity index is 1.89. The lowest BCUT2D eigenvalue weighted by Gasteiger charge is -2.10. The highest BCUT2D eigenvalue weighted by Gasteiger charge is 2.22. The molecule has 3 aromatic rings. The molecule has 0 unspecified atom stereocenters. The number of aryl methyl sites for hydroxylation is 2. The van der Waals surface area contributed by atoms with Crippen molar-refractivity contribution in [3.63, 3.8) is 0 Å². The number of benzene rings is 1. The minimum Gasteiger partial charge on any atom is -0.496 e. The lowest BCUT2D eigenvalue weighted by Crippen LogP contribution is -2.06. The van der Waals surface area contributed by atoms with Crippen LogP contribution in [-0.2, 0) is 13.6 Å². The first-order valence-corrected chi connectivity index (χ1v) is 9.29. The highest BCUT2D eigenvalue weighted by atomic mass is 16.6. The Bertz CT molecular complexity index is 1160. The number of aromatic nitrogens is 4. The van der Waals surface area contributed by atoms with E-state index >= 15 is 0 Å². The van der Waals surface area contributed by atoms with Gasteiger partial charge in [-0.2, -0.15) is 10.2 Å². The molecule has 0 aliphatic rings. The number of carbonyl (C=O) groups is 1. The van der Waals surface area contributed by atoms with Crippen LogP contribution < -0.4 is 4.74 Å². The van der Waals surface area contributed by atoms with Crippen LogP contribution in [0.25, 0.3) is 6.08 Å². The summed E-state index contributed by atoms with van der Waals surface area (Å²) in [7, 11) is 3.35. The van der Waals surface area contributed by atoms with Crippen LogP contribution >= 0.6 is 0 Å². The third-order valence-electron chi connectivity index (χ3n) is 5.08. The van der Waals surface area contributed by atoms with E-state index in [2.05, 4.69) is 10.2 Å². The molecule has 9 nitrogen and oxygen atoms in total. The number of ketones is 1. The molecule has 0 spiro atoms. The van der Waals surface area contributed by atoms with Crippen LogP contribution in [0.15, 0.2) is 30.5 Å².